The van der Waals surface area contributed by atoms with E-state index in [4.69, 9.17) is 30.5 Å². The fourth-order valence-electron chi connectivity index (χ4n) is 2.27. The van der Waals surface area contributed by atoms with Crippen LogP contribution in [0.25, 0.3) is 0 Å². The van der Waals surface area contributed by atoms with E-state index in [0.29, 0.717) is 6.07 Å². The molecule has 2 rings (SSSR count). The van der Waals surface area contributed by atoms with Crippen molar-refractivity contribution in [1.29, 1.82) is 0 Å². The summed E-state index contributed by atoms with van der Waals surface area (Å²) in [6.45, 7) is 0.0772. The van der Waals surface area contributed by atoms with Gasteiger partial charge in [0.25, 0.3) is 0 Å². The van der Waals surface area contributed by atoms with Gasteiger partial charge in [0, 0.05) is 19.2 Å². The van der Waals surface area contributed by atoms with E-state index in [1.807, 2.05) is 0 Å². The summed E-state index contributed by atoms with van der Waals surface area (Å²) in [7, 11) is 1.45. The van der Waals surface area contributed by atoms with Gasteiger partial charge in [0.2, 0.25) is 5.75 Å². The van der Waals surface area contributed by atoms with Crippen molar-refractivity contribution in [3.05, 3.63) is 57.1 Å². The average molecular weight is 464 g/mol. The molecule has 0 unspecified atom stereocenters. The Kier molecular flexibility index (Phi) is 8.46. The molecule has 0 aliphatic heterocycles. The maximum atomic E-state index is 12.7. The normalized spacial score (nSPS) is 11.1. The molecule has 0 aliphatic carbocycles. The minimum atomic E-state index is -4.57. The van der Waals surface area contributed by atoms with E-state index in [1.165, 1.54) is 19.2 Å². The fourth-order valence-corrected chi connectivity index (χ4v) is 2.49. The van der Waals surface area contributed by atoms with Crippen LogP contribution in [0.3, 0.4) is 0 Å². The van der Waals surface area contributed by atoms with Crippen molar-refractivity contribution in [1.82, 2.24) is 0 Å². The zero-order valence-electron chi connectivity index (χ0n) is 16.1. The first kappa shape index (κ1) is 24.2. The molecular weight excluding hydrogens is 447 g/mol. The Morgan fingerprint density at radius 3 is 2.45 bits per heavy atom. The summed E-state index contributed by atoms with van der Waals surface area (Å²) in [5.74, 6) is -0.833. The number of hydrogen-bond acceptors (Lipinski definition) is 7. The highest BCUT2D eigenvalue weighted by Crippen LogP contribution is 2.38. The summed E-state index contributed by atoms with van der Waals surface area (Å²) in [5, 5.41) is 10.9. The third-order valence-electron chi connectivity index (χ3n) is 3.73. The number of nitro groups is 1. The summed E-state index contributed by atoms with van der Waals surface area (Å²) in [6, 6.07) is 6.02. The Balaban J connectivity index is 2.11. The van der Waals surface area contributed by atoms with Gasteiger partial charge in [-0.2, -0.15) is 13.2 Å². The van der Waals surface area contributed by atoms with Crippen molar-refractivity contribution in [3.63, 3.8) is 0 Å². The molecule has 0 bridgehead atoms. The zero-order valence-corrected chi connectivity index (χ0v) is 16.9. The molecular formula is C19H17ClF3NO7. The van der Waals surface area contributed by atoms with Crippen molar-refractivity contribution in [2.45, 2.75) is 12.6 Å². The Morgan fingerprint density at radius 2 is 1.84 bits per heavy atom. The largest absolute Gasteiger partial charge is 0.486 e. The van der Waals surface area contributed by atoms with E-state index < -0.39 is 28.3 Å². The van der Waals surface area contributed by atoms with Crippen LogP contribution in [0.1, 0.15) is 12.0 Å². The van der Waals surface area contributed by atoms with Crippen LogP contribution < -0.4 is 9.47 Å². The van der Waals surface area contributed by atoms with Gasteiger partial charge in [-0.25, -0.2) is 0 Å². The smallest absolute Gasteiger partial charge is 0.416 e. The molecule has 12 heteroatoms. The molecule has 0 N–H and O–H groups in total. The summed E-state index contributed by atoms with van der Waals surface area (Å²) >= 11 is 5.85. The second-order valence-corrected chi connectivity index (χ2v) is 6.35. The van der Waals surface area contributed by atoms with E-state index in [2.05, 4.69) is 0 Å². The second-order valence-electron chi connectivity index (χ2n) is 5.94. The summed E-state index contributed by atoms with van der Waals surface area (Å²) in [6.07, 6.45) is -4.74. The lowest BCUT2D eigenvalue weighted by Gasteiger charge is -2.12. The number of halogens is 4. The first-order valence-electron chi connectivity index (χ1n) is 8.72. The van der Waals surface area contributed by atoms with Gasteiger partial charge in [-0.3, -0.25) is 14.9 Å². The van der Waals surface area contributed by atoms with Gasteiger partial charge < -0.3 is 18.9 Å². The predicted molar refractivity (Wildman–Crippen MR) is 103 cm³/mol. The van der Waals surface area contributed by atoms with Crippen molar-refractivity contribution < 1.29 is 41.8 Å². The van der Waals surface area contributed by atoms with Gasteiger partial charge in [-0.15, -0.1) is 0 Å². The first-order valence-corrected chi connectivity index (χ1v) is 9.10. The lowest BCUT2D eigenvalue weighted by molar-refractivity contribution is -0.385. The third-order valence-corrected chi connectivity index (χ3v) is 4.02. The number of benzene rings is 2. The van der Waals surface area contributed by atoms with Crippen LogP contribution in [0.15, 0.2) is 36.4 Å². The Labute approximate surface area is 179 Å². The summed E-state index contributed by atoms with van der Waals surface area (Å²) in [5.41, 5.74) is -1.34. The van der Waals surface area contributed by atoms with E-state index in [1.54, 1.807) is 0 Å². The van der Waals surface area contributed by atoms with Gasteiger partial charge in [0.1, 0.15) is 18.1 Å². The van der Waals surface area contributed by atoms with E-state index in [9.17, 15) is 28.1 Å². The van der Waals surface area contributed by atoms with Crippen molar-refractivity contribution in [2.75, 3.05) is 26.9 Å². The predicted octanol–water partition coefficient (Wildman–Crippen LogP) is 5.02. The summed E-state index contributed by atoms with van der Waals surface area (Å²) < 4.78 is 58.6. The molecule has 0 radical (unpaired) electrons. The fraction of sp³-hybridized carbons (Fsp3) is 0.316. The number of carbonyl (C=O) groups is 1. The number of esters is 1. The topological polar surface area (TPSA) is 97.1 Å². The number of alkyl halides is 3. The van der Waals surface area contributed by atoms with Crippen LogP contribution in [0, 0.1) is 10.1 Å². The monoisotopic (exact) mass is 463 g/mol. The Hall–Kier alpha value is -3.05. The van der Waals surface area contributed by atoms with Crippen molar-refractivity contribution >= 4 is 23.3 Å². The minimum absolute atomic E-state index is 0.0323. The van der Waals surface area contributed by atoms with Crippen LogP contribution in [0.2, 0.25) is 5.02 Å². The van der Waals surface area contributed by atoms with Crippen molar-refractivity contribution in [3.8, 4) is 17.2 Å². The minimum Gasteiger partial charge on any atom is -0.486 e. The molecule has 2 aromatic rings. The molecule has 168 valence electrons. The van der Waals surface area contributed by atoms with Gasteiger partial charge in [0.05, 0.1) is 35.1 Å². The third kappa shape index (κ3) is 7.30. The number of rotatable bonds is 10. The highest BCUT2D eigenvalue weighted by Gasteiger charge is 2.31. The van der Waals surface area contributed by atoms with Gasteiger partial charge in [-0.1, -0.05) is 11.6 Å². The molecule has 8 nitrogen and oxygen atoms in total. The van der Waals surface area contributed by atoms with Crippen LogP contribution in [-0.4, -0.2) is 37.8 Å². The highest BCUT2D eigenvalue weighted by atomic mass is 35.5. The molecule has 0 aromatic heterocycles. The van der Waals surface area contributed by atoms with E-state index >= 15 is 0 Å². The molecule has 0 atom stereocenters. The van der Waals surface area contributed by atoms with E-state index in [0.717, 1.165) is 18.2 Å². The molecule has 0 amide bonds. The number of hydrogen-bond donors (Lipinski definition) is 0. The summed E-state index contributed by atoms with van der Waals surface area (Å²) in [4.78, 5) is 22.1. The number of methoxy groups -OCH3 is 1. The maximum Gasteiger partial charge on any atom is 0.416 e. The molecule has 0 aliphatic rings. The SMILES string of the molecule is COCCOC(=O)CCOc1cc(Oc2ccc(C(F)(F)F)cc2Cl)ccc1[N+](=O)[O-]. The molecule has 0 fully saturated rings. The number of carbonyl (C=O) groups excluding carboxylic acids is 1. The molecule has 0 spiro atoms. The first-order chi connectivity index (χ1) is 14.6. The van der Waals surface area contributed by atoms with Crippen LogP contribution in [0.5, 0.6) is 17.2 Å². The second kappa shape index (κ2) is 10.8. The molecule has 0 saturated heterocycles. The van der Waals surface area contributed by atoms with Crippen LogP contribution in [-0.2, 0) is 20.4 Å². The number of ether oxygens (including phenoxy) is 4. The number of nitro benzene ring substituents is 1. The lowest BCUT2D eigenvalue weighted by atomic mass is 10.2. The maximum absolute atomic E-state index is 12.7. The van der Waals surface area contributed by atoms with Gasteiger partial charge in [0.15, 0.2) is 0 Å². The van der Waals surface area contributed by atoms with Gasteiger partial charge >= 0.3 is 17.8 Å². The molecule has 2 aromatic carbocycles. The zero-order chi connectivity index (χ0) is 23.0. The average Bonchev–Trinajstić information content (AvgIpc) is 2.69. The van der Waals surface area contributed by atoms with Crippen LogP contribution >= 0.6 is 11.6 Å². The highest BCUT2D eigenvalue weighted by molar-refractivity contribution is 6.32. The molecule has 31 heavy (non-hydrogen) atoms. The standard InChI is InChI=1S/C19H17ClF3NO7/c1-28-8-9-30-18(25)6-7-29-17-11-13(3-4-15(17)24(26)27)31-16-5-2-12(10-14(16)20)19(21,22)23/h2-5,10-11H,6-9H2,1H3. The van der Waals surface area contributed by atoms with Crippen LogP contribution in [0.4, 0.5) is 18.9 Å². The van der Waals surface area contributed by atoms with Gasteiger partial charge in [-0.05, 0) is 24.3 Å². The van der Waals surface area contributed by atoms with Crippen molar-refractivity contribution in [2.24, 2.45) is 0 Å². The molecule has 0 saturated carbocycles. The number of nitrogens with zero attached hydrogens (tertiary/aromatic N) is 1. The lowest BCUT2D eigenvalue weighted by Crippen LogP contribution is -2.13. The Morgan fingerprint density at radius 1 is 1.10 bits per heavy atom. The quantitative estimate of drug-likeness (QED) is 0.211. The Bertz CT molecular complexity index is 937. The van der Waals surface area contributed by atoms with E-state index in [-0.39, 0.29) is 48.5 Å². The molecule has 0 heterocycles.